The average Bonchev–Trinajstić information content (AvgIpc) is 2.30. The third-order valence-electron chi connectivity index (χ3n) is 1.86. The van der Waals surface area contributed by atoms with E-state index in [4.69, 9.17) is 11.6 Å². The van der Waals surface area contributed by atoms with E-state index in [1.807, 2.05) is 0 Å². The van der Waals surface area contributed by atoms with Crippen LogP contribution in [0.15, 0.2) is 21.6 Å². The number of hydrogen-bond donors (Lipinski definition) is 2. The van der Waals surface area contributed by atoms with E-state index in [-0.39, 0.29) is 16.6 Å². The van der Waals surface area contributed by atoms with Gasteiger partial charge in [-0.25, -0.2) is 18.1 Å². The molecule has 0 saturated heterocycles. The Morgan fingerprint density at radius 1 is 1.56 bits per heavy atom. The van der Waals surface area contributed by atoms with Gasteiger partial charge < -0.3 is 5.32 Å². The van der Waals surface area contributed by atoms with Crippen LogP contribution in [0.5, 0.6) is 0 Å². The summed E-state index contributed by atoms with van der Waals surface area (Å²) in [7, 11) is -3.86. The molecular weight excluding hydrogens is 346 g/mol. The molecule has 6 nitrogen and oxygen atoms in total. The summed E-state index contributed by atoms with van der Waals surface area (Å²) < 4.78 is 26.4. The Bertz CT molecular complexity index is 550. The van der Waals surface area contributed by atoms with Crippen LogP contribution >= 0.6 is 27.5 Å². The highest BCUT2D eigenvalue weighted by Gasteiger charge is 2.20. The number of amides is 1. The minimum atomic E-state index is -3.86. The minimum Gasteiger partial charge on any atom is -0.355 e. The lowest BCUT2D eigenvalue weighted by Crippen LogP contribution is -2.36. The van der Waals surface area contributed by atoms with Gasteiger partial charge in [-0.1, -0.05) is 11.6 Å². The highest BCUT2D eigenvalue weighted by Crippen LogP contribution is 2.22. The first kappa shape index (κ1) is 15.4. The second-order valence-electron chi connectivity index (χ2n) is 3.22. The molecule has 0 aliphatic rings. The van der Waals surface area contributed by atoms with E-state index in [2.05, 4.69) is 31.0 Å². The van der Waals surface area contributed by atoms with Crippen molar-refractivity contribution >= 4 is 43.5 Å². The Hall–Kier alpha value is -0.700. The van der Waals surface area contributed by atoms with Gasteiger partial charge in [-0.2, -0.15) is 0 Å². The Balaban J connectivity index is 2.87. The molecule has 2 N–H and O–H groups in total. The standard InChI is InChI=1S/C9H11BrClN3O3S/c1-2-12-8(15)5-14-18(16,17)7-3-6(10)4-13-9(7)11/h3-4,14H,2,5H2,1H3,(H,12,15). The highest BCUT2D eigenvalue weighted by molar-refractivity contribution is 9.10. The molecule has 1 aromatic rings. The van der Waals surface area contributed by atoms with Crippen LogP contribution in [-0.4, -0.2) is 32.4 Å². The van der Waals surface area contributed by atoms with Crippen molar-refractivity contribution < 1.29 is 13.2 Å². The van der Waals surface area contributed by atoms with Gasteiger partial charge in [0.05, 0.1) is 6.54 Å². The first-order chi connectivity index (χ1) is 8.36. The first-order valence-electron chi connectivity index (χ1n) is 4.94. The van der Waals surface area contributed by atoms with Crippen LogP contribution in [0.4, 0.5) is 0 Å². The molecule has 1 aromatic heterocycles. The van der Waals surface area contributed by atoms with Crippen LogP contribution < -0.4 is 10.0 Å². The van der Waals surface area contributed by atoms with Crippen LogP contribution in [0.3, 0.4) is 0 Å². The van der Waals surface area contributed by atoms with Gasteiger partial charge in [-0.15, -0.1) is 0 Å². The summed E-state index contributed by atoms with van der Waals surface area (Å²) in [6.45, 7) is 1.82. The number of nitrogens with one attached hydrogen (secondary N) is 2. The molecule has 0 radical (unpaired) electrons. The van der Waals surface area contributed by atoms with E-state index in [0.717, 1.165) is 0 Å². The zero-order chi connectivity index (χ0) is 13.8. The molecule has 1 rings (SSSR count). The second kappa shape index (κ2) is 6.46. The summed E-state index contributed by atoms with van der Waals surface area (Å²) in [4.78, 5) is 14.7. The summed E-state index contributed by atoms with van der Waals surface area (Å²) >= 11 is 8.81. The molecule has 0 fully saturated rings. The molecule has 1 amide bonds. The number of halogens is 2. The van der Waals surface area contributed by atoms with Crippen molar-refractivity contribution in [2.75, 3.05) is 13.1 Å². The minimum absolute atomic E-state index is 0.151. The van der Waals surface area contributed by atoms with Crippen LogP contribution in [-0.2, 0) is 14.8 Å². The number of sulfonamides is 1. The third kappa shape index (κ3) is 4.20. The Morgan fingerprint density at radius 2 is 2.22 bits per heavy atom. The third-order valence-corrected chi connectivity index (χ3v) is 4.12. The van der Waals surface area contributed by atoms with Gasteiger partial charge in [0.1, 0.15) is 10.0 Å². The molecule has 9 heteroatoms. The Morgan fingerprint density at radius 3 is 2.83 bits per heavy atom. The summed E-state index contributed by atoms with van der Waals surface area (Å²) in [5.41, 5.74) is 0. The van der Waals surface area contributed by atoms with Gasteiger partial charge in [0.25, 0.3) is 0 Å². The fourth-order valence-corrected chi connectivity index (χ4v) is 3.01. The van der Waals surface area contributed by atoms with Crippen LogP contribution in [0, 0.1) is 0 Å². The molecule has 0 aliphatic heterocycles. The number of pyridine rings is 1. The molecule has 0 aromatic carbocycles. The summed E-state index contributed by atoms with van der Waals surface area (Å²) in [6, 6.07) is 1.31. The predicted molar refractivity (Wildman–Crippen MR) is 70.8 cm³/mol. The average molecular weight is 357 g/mol. The van der Waals surface area contributed by atoms with Crippen LogP contribution in [0.2, 0.25) is 5.15 Å². The zero-order valence-electron chi connectivity index (χ0n) is 9.41. The van der Waals surface area contributed by atoms with Gasteiger partial charge in [0.15, 0.2) is 0 Å². The number of likely N-dealkylation sites (N-methyl/N-ethyl adjacent to an activating group) is 1. The number of aromatic nitrogens is 1. The summed E-state index contributed by atoms with van der Waals surface area (Å²) in [5.74, 6) is -0.417. The lowest BCUT2D eigenvalue weighted by atomic mass is 10.5. The smallest absolute Gasteiger partial charge is 0.244 e. The number of hydrogen-bond acceptors (Lipinski definition) is 4. The highest BCUT2D eigenvalue weighted by atomic mass is 79.9. The summed E-state index contributed by atoms with van der Waals surface area (Å²) in [6.07, 6.45) is 1.38. The molecule has 0 atom stereocenters. The maximum absolute atomic E-state index is 11.9. The normalized spacial score (nSPS) is 11.3. The van der Waals surface area contributed by atoms with Crippen LogP contribution in [0.25, 0.3) is 0 Å². The molecule has 1 heterocycles. The van der Waals surface area contributed by atoms with Crippen LogP contribution in [0.1, 0.15) is 6.92 Å². The molecule has 0 spiro atoms. The van der Waals surface area contributed by atoms with E-state index in [1.165, 1.54) is 12.3 Å². The molecule has 100 valence electrons. The number of nitrogens with zero attached hydrogens (tertiary/aromatic N) is 1. The van der Waals surface area contributed by atoms with Crippen molar-refractivity contribution in [2.45, 2.75) is 11.8 Å². The quantitative estimate of drug-likeness (QED) is 0.768. The maximum Gasteiger partial charge on any atom is 0.244 e. The second-order valence-corrected chi connectivity index (χ2v) is 6.23. The first-order valence-corrected chi connectivity index (χ1v) is 7.59. The number of carbonyl (C=O) groups excluding carboxylic acids is 1. The van der Waals surface area contributed by atoms with E-state index < -0.39 is 15.9 Å². The van der Waals surface area contributed by atoms with Gasteiger partial charge in [0.2, 0.25) is 15.9 Å². The zero-order valence-corrected chi connectivity index (χ0v) is 12.6. The lowest BCUT2D eigenvalue weighted by Gasteiger charge is -2.08. The van der Waals surface area contributed by atoms with E-state index in [0.29, 0.717) is 11.0 Å². The number of rotatable bonds is 5. The van der Waals surface area contributed by atoms with Crippen molar-refractivity contribution in [3.8, 4) is 0 Å². The largest absolute Gasteiger partial charge is 0.355 e. The molecule has 0 bridgehead atoms. The Labute approximate surface area is 118 Å². The van der Waals surface area contributed by atoms with Crippen molar-refractivity contribution in [3.05, 3.63) is 21.9 Å². The fraction of sp³-hybridized carbons (Fsp3) is 0.333. The molecule has 18 heavy (non-hydrogen) atoms. The lowest BCUT2D eigenvalue weighted by molar-refractivity contribution is -0.119. The van der Waals surface area contributed by atoms with Crippen molar-refractivity contribution in [2.24, 2.45) is 0 Å². The molecule has 0 unspecified atom stereocenters. The predicted octanol–water partition coefficient (Wildman–Crippen LogP) is 0.912. The van der Waals surface area contributed by atoms with Crippen molar-refractivity contribution in [1.29, 1.82) is 0 Å². The van der Waals surface area contributed by atoms with Gasteiger partial charge in [0, 0.05) is 17.2 Å². The fourth-order valence-electron chi connectivity index (χ4n) is 1.09. The van der Waals surface area contributed by atoms with Crippen molar-refractivity contribution in [1.82, 2.24) is 15.0 Å². The number of carbonyl (C=O) groups is 1. The monoisotopic (exact) mass is 355 g/mol. The van der Waals surface area contributed by atoms with E-state index in [9.17, 15) is 13.2 Å². The molecule has 0 saturated carbocycles. The van der Waals surface area contributed by atoms with E-state index >= 15 is 0 Å². The molecular formula is C9H11BrClN3O3S. The SMILES string of the molecule is CCNC(=O)CNS(=O)(=O)c1cc(Br)cnc1Cl. The van der Waals surface area contributed by atoms with Gasteiger partial charge in [-0.05, 0) is 28.9 Å². The van der Waals surface area contributed by atoms with Gasteiger partial charge in [-0.3, -0.25) is 4.79 Å². The Kier molecular flexibility index (Phi) is 5.51. The van der Waals surface area contributed by atoms with Gasteiger partial charge >= 0.3 is 0 Å². The van der Waals surface area contributed by atoms with Crippen molar-refractivity contribution in [3.63, 3.8) is 0 Å². The maximum atomic E-state index is 11.9. The molecule has 0 aliphatic carbocycles. The summed E-state index contributed by atoms with van der Waals surface area (Å²) in [5, 5.41) is 2.32. The van der Waals surface area contributed by atoms with E-state index in [1.54, 1.807) is 6.92 Å². The topological polar surface area (TPSA) is 88.2 Å².